The molecule has 0 bridgehead atoms. The third-order valence-electron chi connectivity index (χ3n) is 5.36. The van der Waals surface area contributed by atoms with Gasteiger partial charge >= 0.3 is 5.97 Å². The van der Waals surface area contributed by atoms with E-state index in [1.807, 2.05) is 0 Å². The van der Waals surface area contributed by atoms with E-state index in [2.05, 4.69) is 5.32 Å². The summed E-state index contributed by atoms with van der Waals surface area (Å²) >= 11 is 0. The van der Waals surface area contributed by atoms with Gasteiger partial charge in [-0.2, -0.15) is 0 Å². The van der Waals surface area contributed by atoms with Crippen molar-refractivity contribution in [3.05, 3.63) is 0 Å². The number of ether oxygens (including phenoxy) is 2. The van der Waals surface area contributed by atoms with Crippen LogP contribution in [0.2, 0.25) is 0 Å². The van der Waals surface area contributed by atoms with Gasteiger partial charge in [-0.15, -0.1) is 0 Å². The average molecular weight is 512 g/mol. The second-order valence-electron chi connectivity index (χ2n) is 8.16. The summed E-state index contributed by atoms with van der Waals surface area (Å²) in [5.41, 5.74) is 5.59. The number of rotatable bonds is 12. The number of Topliss-reactive ketones (excluding diaryl/α,β-unsaturated/α-hetero) is 2. The lowest BCUT2D eigenvalue weighted by atomic mass is 9.88. The molecule has 10 atom stereocenters. The van der Waals surface area contributed by atoms with Gasteiger partial charge in [0.05, 0.1) is 25.4 Å². The Hall–Kier alpha value is -2.12. The van der Waals surface area contributed by atoms with Crippen molar-refractivity contribution in [2.45, 2.75) is 80.9 Å². The van der Waals surface area contributed by atoms with Crippen LogP contribution in [0.3, 0.4) is 0 Å². The summed E-state index contributed by atoms with van der Waals surface area (Å²) < 4.78 is 10.0. The molecule has 11 N–H and O–H groups in total. The van der Waals surface area contributed by atoms with E-state index in [9.17, 15) is 49.8 Å². The van der Waals surface area contributed by atoms with E-state index in [4.69, 9.17) is 25.4 Å². The fraction of sp³-hybridized carbons (Fsp3) is 0.789. The highest BCUT2D eigenvalue weighted by Gasteiger charge is 2.55. The molecule has 16 heteroatoms. The molecule has 16 nitrogen and oxygen atoms in total. The number of ketones is 2. The molecule has 1 amide bonds. The summed E-state index contributed by atoms with van der Waals surface area (Å²) in [5.74, 6) is -8.12. The van der Waals surface area contributed by atoms with Crippen molar-refractivity contribution < 1.29 is 69.5 Å². The zero-order valence-electron chi connectivity index (χ0n) is 18.9. The standard InChI is InChI=1S/C19H32N2O14/c1-6(24)13(29)11(20)16(14(30)9(27)4-22)34-18(32)19(33)3-8(26)12(21-7(2)25)17(35-19)15(31)10(28)5-23/h8-12,14-17,22-23,26-28,30-31,33H,3-5,20H2,1-2H3,(H,21,25)/t8-,9+,10+,11-,12+,14+,15+,16+,17+,19-/m0/s1. The van der Waals surface area contributed by atoms with Crippen molar-refractivity contribution in [2.75, 3.05) is 13.2 Å². The van der Waals surface area contributed by atoms with Crippen molar-refractivity contribution in [1.82, 2.24) is 5.32 Å². The first-order chi connectivity index (χ1) is 16.1. The molecule has 0 saturated carbocycles. The monoisotopic (exact) mass is 512 g/mol. The SMILES string of the molecule is CC(=O)N[C@H]1[C@H]([C@H](O)[C@H](O)CO)O[C@](O)(C(=O)O[C@@H]([C@H](O)[C@H](O)CO)[C@@H](N)C(=O)C(C)=O)C[C@@H]1O. The molecule has 0 aromatic heterocycles. The maximum absolute atomic E-state index is 12.8. The van der Waals surface area contributed by atoms with Crippen LogP contribution in [-0.4, -0.2) is 138 Å². The number of aliphatic hydroxyl groups is 8. The van der Waals surface area contributed by atoms with Crippen LogP contribution in [0.25, 0.3) is 0 Å². The lowest BCUT2D eigenvalue weighted by Crippen LogP contribution is -2.68. The molecule has 0 radical (unpaired) electrons. The second-order valence-corrected chi connectivity index (χ2v) is 8.16. The van der Waals surface area contributed by atoms with E-state index < -0.39 is 104 Å². The minimum Gasteiger partial charge on any atom is -0.453 e. The van der Waals surface area contributed by atoms with Crippen LogP contribution in [-0.2, 0) is 28.7 Å². The zero-order chi connectivity index (χ0) is 27.2. The van der Waals surface area contributed by atoms with Crippen molar-refractivity contribution in [3.8, 4) is 0 Å². The third kappa shape index (κ3) is 7.43. The molecule has 0 aromatic carbocycles. The first kappa shape index (κ1) is 30.9. The van der Waals surface area contributed by atoms with E-state index in [-0.39, 0.29) is 0 Å². The molecule has 1 fully saturated rings. The van der Waals surface area contributed by atoms with Gasteiger partial charge in [-0.1, -0.05) is 0 Å². The highest BCUT2D eigenvalue weighted by atomic mass is 16.7. The van der Waals surface area contributed by atoms with Gasteiger partial charge < -0.3 is 61.4 Å². The fourth-order valence-corrected chi connectivity index (χ4v) is 3.41. The quantitative estimate of drug-likeness (QED) is 0.0858. The topological polar surface area (TPSA) is 287 Å². The number of carbonyl (C=O) groups is 4. The number of nitrogens with two attached hydrogens (primary N) is 1. The average Bonchev–Trinajstić information content (AvgIpc) is 2.80. The molecule has 1 rings (SSSR count). The van der Waals surface area contributed by atoms with E-state index in [1.54, 1.807) is 0 Å². The number of hydrogen-bond acceptors (Lipinski definition) is 15. The Balaban J connectivity index is 3.32. The maximum Gasteiger partial charge on any atom is 0.367 e. The molecular weight excluding hydrogens is 480 g/mol. The van der Waals surface area contributed by atoms with Crippen LogP contribution in [0.15, 0.2) is 0 Å². The molecule has 1 heterocycles. The molecule has 1 aliphatic rings. The number of amides is 1. The fourth-order valence-electron chi connectivity index (χ4n) is 3.41. The van der Waals surface area contributed by atoms with Gasteiger partial charge in [-0.3, -0.25) is 14.4 Å². The molecule has 0 unspecified atom stereocenters. The number of hydrogen-bond donors (Lipinski definition) is 10. The summed E-state index contributed by atoms with van der Waals surface area (Å²) in [4.78, 5) is 47.7. The molecule has 1 aliphatic heterocycles. The Morgan fingerprint density at radius 3 is 2.09 bits per heavy atom. The van der Waals surface area contributed by atoms with Gasteiger partial charge in [0.15, 0.2) is 11.9 Å². The lowest BCUT2D eigenvalue weighted by molar-refractivity contribution is -0.300. The molecule has 1 saturated heterocycles. The molecule has 0 spiro atoms. The number of aliphatic hydroxyl groups excluding tert-OH is 7. The van der Waals surface area contributed by atoms with Crippen LogP contribution in [0, 0.1) is 0 Å². The molecule has 0 aliphatic carbocycles. The zero-order valence-corrected chi connectivity index (χ0v) is 18.9. The van der Waals surface area contributed by atoms with E-state index in [0.29, 0.717) is 0 Å². The van der Waals surface area contributed by atoms with Crippen molar-refractivity contribution in [1.29, 1.82) is 0 Å². The Labute approximate surface area is 198 Å². The molecule has 0 aromatic rings. The Morgan fingerprint density at radius 1 is 1.09 bits per heavy atom. The highest BCUT2D eigenvalue weighted by Crippen LogP contribution is 2.32. The first-order valence-electron chi connectivity index (χ1n) is 10.4. The van der Waals surface area contributed by atoms with Gasteiger partial charge in [-0.25, -0.2) is 4.79 Å². The van der Waals surface area contributed by atoms with E-state index in [1.165, 1.54) is 0 Å². The third-order valence-corrected chi connectivity index (χ3v) is 5.36. The predicted molar refractivity (Wildman–Crippen MR) is 110 cm³/mol. The van der Waals surface area contributed by atoms with Crippen LogP contribution in [0.4, 0.5) is 0 Å². The first-order valence-corrected chi connectivity index (χ1v) is 10.4. The summed E-state index contributed by atoms with van der Waals surface area (Å²) in [6, 6.07) is -3.55. The summed E-state index contributed by atoms with van der Waals surface area (Å²) in [6.45, 7) is -0.228. The molecular formula is C19H32N2O14. The smallest absolute Gasteiger partial charge is 0.367 e. The Bertz CT molecular complexity index is 781. The van der Waals surface area contributed by atoms with Gasteiger partial charge in [0.1, 0.15) is 36.6 Å². The van der Waals surface area contributed by atoms with E-state index in [0.717, 1.165) is 13.8 Å². The molecule has 35 heavy (non-hydrogen) atoms. The number of carbonyl (C=O) groups excluding carboxylic acids is 4. The van der Waals surface area contributed by atoms with Crippen molar-refractivity contribution in [3.63, 3.8) is 0 Å². The van der Waals surface area contributed by atoms with Crippen molar-refractivity contribution >= 4 is 23.4 Å². The van der Waals surface area contributed by atoms with Crippen LogP contribution >= 0.6 is 0 Å². The number of nitrogens with one attached hydrogen (secondary N) is 1. The number of esters is 1. The van der Waals surface area contributed by atoms with Crippen molar-refractivity contribution in [2.24, 2.45) is 5.73 Å². The van der Waals surface area contributed by atoms with Crippen LogP contribution in [0.5, 0.6) is 0 Å². The molecule has 202 valence electrons. The maximum atomic E-state index is 12.8. The van der Waals surface area contributed by atoms with Gasteiger partial charge in [-0.05, 0) is 0 Å². The Kier molecular flexibility index (Phi) is 11.2. The summed E-state index contributed by atoms with van der Waals surface area (Å²) in [7, 11) is 0. The summed E-state index contributed by atoms with van der Waals surface area (Å²) in [6.07, 6.45) is -15.1. The van der Waals surface area contributed by atoms with Gasteiger partial charge in [0, 0.05) is 20.3 Å². The second kappa shape index (κ2) is 12.7. The highest BCUT2D eigenvalue weighted by molar-refractivity contribution is 6.38. The normalized spacial score (nSPS) is 29.7. The predicted octanol–water partition coefficient (Wildman–Crippen LogP) is -6.85. The van der Waals surface area contributed by atoms with E-state index >= 15 is 0 Å². The minimum absolute atomic E-state index is 0.726. The van der Waals surface area contributed by atoms with Gasteiger partial charge in [0.25, 0.3) is 5.79 Å². The Morgan fingerprint density at radius 2 is 1.63 bits per heavy atom. The van der Waals surface area contributed by atoms with Gasteiger partial charge in [0.2, 0.25) is 11.7 Å². The summed E-state index contributed by atoms with van der Waals surface area (Å²) in [5, 5.41) is 81.6. The van der Waals surface area contributed by atoms with Crippen LogP contribution < -0.4 is 11.1 Å². The largest absolute Gasteiger partial charge is 0.453 e. The van der Waals surface area contributed by atoms with Crippen LogP contribution in [0.1, 0.15) is 20.3 Å². The lowest BCUT2D eigenvalue weighted by Gasteiger charge is -2.45. The minimum atomic E-state index is -3.14.